The Hall–Kier alpha value is -1.82. The average Bonchev–Trinajstić information content (AvgIpc) is 2.78. The number of carbonyl (C=O) groups excluding carboxylic acids is 1. The van der Waals surface area contributed by atoms with Crippen molar-refractivity contribution in [2.24, 2.45) is 5.92 Å². The maximum absolute atomic E-state index is 13.6. The molecule has 144 valence electrons. The summed E-state index contributed by atoms with van der Waals surface area (Å²) < 4.78 is 19.3. The van der Waals surface area contributed by atoms with Gasteiger partial charge in [-0.15, -0.1) is 0 Å². The minimum absolute atomic E-state index is 0.172. The summed E-state index contributed by atoms with van der Waals surface area (Å²) in [6.07, 6.45) is 3.52. The lowest BCUT2D eigenvalue weighted by Crippen LogP contribution is -2.49. The van der Waals surface area contributed by atoms with Crippen molar-refractivity contribution in [3.63, 3.8) is 0 Å². The zero-order valence-electron chi connectivity index (χ0n) is 15.8. The summed E-state index contributed by atoms with van der Waals surface area (Å²) in [5, 5.41) is 6.12. The zero-order valence-corrected chi connectivity index (χ0v) is 15.8. The van der Waals surface area contributed by atoms with Crippen molar-refractivity contribution in [3.8, 4) is 5.75 Å². The fourth-order valence-corrected chi connectivity index (χ4v) is 3.86. The molecule has 1 fully saturated rings. The Balaban J connectivity index is 1.53. The first-order valence-electron chi connectivity index (χ1n) is 9.73. The van der Waals surface area contributed by atoms with Gasteiger partial charge in [-0.2, -0.15) is 0 Å². The van der Waals surface area contributed by atoms with Crippen molar-refractivity contribution in [2.45, 2.75) is 51.6 Å². The molecule has 2 aliphatic heterocycles. The van der Waals surface area contributed by atoms with Crippen molar-refractivity contribution in [1.82, 2.24) is 15.5 Å². The van der Waals surface area contributed by atoms with Crippen LogP contribution in [-0.2, 0) is 0 Å². The van der Waals surface area contributed by atoms with Crippen LogP contribution >= 0.6 is 0 Å². The SMILES string of the molecule is CC(C)CN1CCC(NC(=O)N[C@H]2CCCOc3ccc(F)cc32)CC1. The number of piperidine rings is 1. The highest BCUT2D eigenvalue weighted by atomic mass is 19.1. The van der Waals surface area contributed by atoms with Crippen LogP contribution in [0.4, 0.5) is 9.18 Å². The van der Waals surface area contributed by atoms with Crippen molar-refractivity contribution in [2.75, 3.05) is 26.2 Å². The van der Waals surface area contributed by atoms with Crippen molar-refractivity contribution < 1.29 is 13.9 Å². The van der Waals surface area contributed by atoms with Crippen LogP contribution in [0.3, 0.4) is 0 Å². The number of benzene rings is 1. The molecule has 1 aromatic rings. The molecular weight excluding hydrogens is 333 g/mol. The molecule has 2 aliphatic rings. The third-order valence-corrected chi connectivity index (χ3v) is 5.09. The lowest BCUT2D eigenvalue weighted by atomic mass is 10.0. The van der Waals surface area contributed by atoms with Crippen molar-refractivity contribution in [3.05, 3.63) is 29.6 Å². The number of halogens is 1. The molecule has 0 saturated carbocycles. The van der Waals surface area contributed by atoms with E-state index in [2.05, 4.69) is 29.4 Å². The summed E-state index contributed by atoms with van der Waals surface area (Å²) in [4.78, 5) is 14.9. The Morgan fingerprint density at radius 2 is 2.04 bits per heavy atom. The van der Waals surface area contributed by atoms with E-state index in [1.54, 1.807) is 6.07 Å². The fraction of sp³-hybridized carbons (Fsp3) is 0.650. The molecule has 1 atom stereocenters. The van der Waals surface area contributed by atoms with Crippen LogP contribution in [-0.4, -0.2) is 43.2 Å². The molecule has 1 saturated heterocycles. The van der Waals surface area contributed by atoms with Crippen LogP contribution in [0, 0.1) is 11.7 Å². The number of carbonyl (C=O) groups is 1. The van der Waals surface area contributed by atoms with Gasteiger partial charge in [-0.3, -0.25) is 0 Å². The third-order valence-electron chi connectivity index (χ3n) is 5.09. The largest absolute Gasteiger partial charge is 0.493 e. The number of hydrogen-bond acceptors (Lipinski definition) is 3. The lowest BCUT2D eigenvalue weighted by molar-refractivity contribution is 0.177. The van der Waals surface area contributed by atoms with Crippen LogP contribution in [0.1, 0.15) is 51.1 Å². The van der Waals surface area contributed by atoms with Gasteiger partial charge in [0.05, 0.1) is 12.6 Å². The number of nitrogens with one attached hydrogen (secondary N) is 2. The molecule has 2 amide bonds. The quantitative estimate of drug-likeness (QED) is 0.861. The van der Waals surface area contributed by atoms with E-state index in [0.29, 0.717) is 18.3 Å². The Morgan fingerprint density at radius 1 is 1.27 bits per heavy atom. The maximum Gasteiger partial charge on any atom is 0.315 e. The van der Waals surface area contributed by atoms with Crippen LogP contribution in [0.2, 0.25) is 0 Å². The number of ether oxygens (including phenoxy) is 1. The van der Waals surface area contributed by atoms with Gasteiger partial charge >= 0.3 is 6.03 Å². The van der Waals surface area contributed by atoms with E-state index < -0.39 is 0 Å². The van der Waals surface area contributed by atoms with E-state index in [4.69, 9.17) is 4.74 Å². The molecule has 2 heterocycles. The highest BCUT2D eigenvalue weighted by molar-refractivity contribution is 5.75. The monoisotopic (exact) mass is 363 g/mol. The normalized spacial score (nSPS) is 21.6. The third kappa shape index (κ3) is 5.10. The molecule has 3 rings (SSSR count). The first-order chi connectivity index (χ1) is 12.5. The predicted octanol–water partition coefficient (Wildman–Crippen LogP) is 3.46. The standard InChI is InChI=1S/C20H30FN3O2/c1-14(2)13-24-9-7-16(8-10-24)22-20(25)23-18-4-3-11-26-19-6-5-15(21)12-17(18)19/h5-6,12,14,16,18H,3-4,7-11,13H2,1-2H3,(H2,22,23,25)/t18-/m0/s1. The maximum atomic E-state index is 13.6. The number of likely N-dealkylation sites (tertiary alicyclic amines) is 1. The molecule has 0 aromatic heterocycles. The van der Waals surface area contributed by atoms with Crippen LogP contribution in [0.5, 0.6) is 5.75 Å². The van der Waals surface area contributed by atoms with Gasteiger partial charge in [-0.05, 0) is 49.8 Å². The van der Waals surface area contributed by atoms with Crippen molar-refractivity contribution in [1.29, 1.82) is 0 Å². The van der Waals surface area contributed by atoms with Gasteiger partial charge in [0.25, 0.3) is 0 Å². The molecule has 26 heavy (non-hydrogen) atoms. The lowest BCUT2D eigenvalue weighted by Gasteiger charge is -2.33. The molecule has 0 bridgehead atoms. The summed E-state index contributed by atoms with van der Waals surface area (Å²) in [5.41, 5.74) is 0.726. The smallest absolute Gasteiger partial charge is 0.315 e. The molecule has 0 unspecified atom stereocenters. The van der Waals surface area contributed by atoms with Crippen LogP contribution < -0.4 is 15.4 Å². The molecule has 1 aromatic carbocycles. The topological polar surface area (TPSA) is 53.6 Å². The minimum Gasteiger partial charge on any atom is -0.493 e. The van der Waals surface area contributed by atoms with Gasteiger partial charge in [0.2, 0.25) is 0 Å². The Kier molecular flexibility index (Phi) is 6.35. The molecule has 2 N–H and O–H groups in total. The first kappa shape index (κ1) is 19.0. The summed E-state index contributed by atoms with van der Waals surface area (Å²) >= 11 is 0. The number of rotatable bonds is 4. The molecule has 0 radical (unpaired) electrons. The number of urea groups is 1. The summed E-state index contributed by atoms with van der Waals surface area (Å²) in [6.45, 7) is 8.21. The van der Waals surface area contributed by atoms with Gasteiger partial charge in [0, 0.05) is 31.2 Å². The Labute approximate surface area is 155 Å². The van der Waals surface area contributed by atoms with Crippen LogP contribution in [0.15, 0.2) is 18.2 Å². The van der Waals surface area contributed by atoms with Gasteiger partial charge in [0.15, 0.2) is 0 Å². The molecule has 0 spiro atoms. The Morgan fingerprint density at radius 3 is 2.77 bits per heavy atom. The van der Waals surface area contributed by atoms with E-state index in [1.807, 2.05) is 0 Å². The van der Waals surface area contributed by atoms with E-state index in [0.717, 1.165) is 50.9 Å². The second kappa shape index (κ2) is 8.71. The summed E-state index contributed by atoms with van der Waals surface area (Å²) in [7, 11) is 0. The first-order valence-corrected chi connectivity index (χ1v) is 9.73. The summed E-state index contributed by atoms with van der Waals surface area (Å²) in [5.74, 6) is 1.02. The van der Waals surface area contributed by atoms with Gasteiger partial charge < -0.3 is 20.3 Å². The molecule has 6 heteroatoms. The van der Waals surface area contributed by atoms with E-state index in [9.17, 15) is 9.18 Å². The highest BCUT2D eigenvalue weighted by Gasteiger charge is 2.25. The second-order valence-electron chi connectivity index (χ2n) is 7.81. The Bertz CT molecular complexity index is 615. The molecular formula is C20H30FN3O2. The van der Waals surface area contributed by atoms with Gasteiger partial charge in [-0.25, -0.2) is 9.18 Å². The number of fused-ring (bicyclic) bond motifs is 1. The van der Waals surface area contributed by atoms with Crippen LogP contribution in [0.25, 0.3) is 0 Å². The molecule has 0 aliphatic carbocycles. The molecule has 5 nitrogen and oxygen atoms in total. The zero-order chi connectivity index (χ0) is 18.5. The number of hydrogen-bond donors (Lipinski definition) is 2. The number of nitrogens with zero attached hydrogens (tertiary/aromatic N) is 1. The van der Waals surface area contributed by atoms with Gasteiger partial charge in [-0.1, -0.05) is 13.8 Å². The second-order valence-corrected chi connectivity index (χ2v) is 7.81. The average molecular weight is 363 g/mol. The fourth-order valence-electron chi connectivity index (χ4n) is 3.86. The van der Waals surface area contributed by atoms with E-state index >= 15 is 0 Å². The van der Waals surface area contributed by atoms with Gasteiger partial charge in [0.1, 0.15) is 11.6 Å². The van der Waals surface area contributed by atoms with E-state index in [-0.39, 0.29) is 23.9 Å². The number of amides is 2. The summed E-state index contributed by atoms with van der Waals surface area (Å²) in [6, 6.07) is 4.32. The highest BCUT2D eigenvalue weighted by Crippen LogP contribution is 2.32. The van der Waals surface area contributed by atoms with Crippen molar-refractivity contribution >= 4 is 6.03 Å². The predicted molar refractivity (Wildman–Crippen MR) is 99.8 cm³/mol. The van der Waals surface area contributed by atoms with E-state index in [1.165, 1.54) is 12.1 Å². The minimum atomic E-state index is -0.306.